The van der Waals surface area contributed by atoms with Crippen molar-refractivity contribution < 1.29 is 9.53 Å². The summed E-state index contributed by atoms with van der Waals surface area (Å²) in [4.78, 5) is 13.1. The quantitative estimate of drug-likeness (QED) is 0.848. The van der Waals surface area contributed by atoms with Crippen LogP contribution in [-0.4, -0.2) is 12.5 Å². The molecular formula is C20H19ClN2O2. The number of hydrogen-bond donors (Lipinski definition) is 1. The Morgan fingerprint density at radius 2 is 2.00 bits per heavy atom. The summed E-state index contributed by atoms with van der Waals surface area (Å²) in [6.07, 6.45) is 2.59. The topological polar surface area (TPSA) is 62.1 Å². The van der Waals surface area contributed by atoms with Gasteiger partial charge in [-0.2, -0.15) is 5.26 Å². The average molecular weight is 355 g/mol. The van der Waals surface area contributed by atoms with Gasteiger partial charge in [-0.15, -0.1) is 0 Å². The van der Waals surface area contributed by atoms with Crippen molar-refractivity contribution in [2.75, 3.05) is 11.9 Å². The molecule has 0 spiro atoms. The second-order valence-electron chi connectivity index (χ2n) is 6.15. The summed E-state index contributed by atoms with van der Waals surface area (Å²) in [7, 11) is 0. The Morgan fingerprint density at radius 1 is 1.28 bits per heavy atom. The number of halogens is 1. The van der Waals surface area contributed by atoms with Crippen LogP contribution >= 0.6 is 11.6 Å². The minimum Gasteiger partial charge on any atom is -0.492 e. The Hall–Kier alpha value is -2.51. The van der Waals surface area contributed by atoms with Crippen LogP contribution in [0.1, 0.15) is 37.3 Å². The highest BCUT2D eigenvalue weighted by Gasteiger charge is 2.45. The molecule has 0 unspecified atom stereocenters. The molecule has 0 aromatic heterocycles. The second kappa shape index (κ2) is 7.16. The lowest BCUT2D eigenvalue weighted by Gasteiger charge is -2.40. The van der Waals surface area contributed by atoms with E-state index in [-0.39, 0.29) is 5.91 Å². The number of benzene rings is 2. The molecule has 0 heterocycles. The van der Waals surface area contributed by atoms with E-state index in [1.54, 1.807) is 18.2 Å². The zero-order chi connectivity index (χ0) is 17.9. The Labute approximate surface area is 152 Å². The van der Waals surface area contributed by atoms with Gasteiger partial charge in [0.1, 0.15) is 5.75 Å². The first-order valence-corrected chi connectivity index (χ1v) is 8.71. The largest absolute Gasteiger partial charge is 0.492 e. The standard InChI is InChI=1S/C20H19ClN2O2/c1-2-25-18-9-4-14(13-22)12-17(18)23-19(24)20(10-3-11-20)15-5-7-16(21)8-6-15/h4-9,12H,2-3,10-11H2,1H3,(H,23,24). The molecule has 0 atom stereocenters. The van der Waals surface area contributed by atoms with E-state index in [1.807, 2.05) is 31.2 Å². The molecular weight excluding hydrogens is 336 g/mol. The molecule has 5 heteroatoms. The summed E-state index contributed by atoms with van der Waals surface area (Å²) in [5, 5.41) is 12.8. The third kappa shape index (κ3) is 3.33. The number of hydrogen-bond acceptors (Lipinski definition) is 3. The third-order valence-electron chi connectivity index (χ3n) is 4.70. The van der Waals surface area contributed by atoms with Crippen LogP contribution in [0.2, 0.25) is 5.02 Å². The number of anilines is 1. The molecule has 1 fully saturated rings. The lowest BCUT2D eigenvalue weighted by atomic mass is 9.64. The van der Waals surface area contributed by atoms with Crippen LogP contribution in [0.3, 0.4) is 0 Å². The SMILES string of the molecule is CCOc1ccc(C#N)cc1NC(=O)C1(c2ccc(Cl)cc2)CCC1. The highest BCUT2D eigenvalue weighted by Crippen LogP contribution is 2.45. The highest BCUT2D eigenvalue weighted by molar-refractivity contribution is 6.30. The van der Waals surface area contributed by atoms with Crippen LogP contribution in [0.15, 0.2) is 42.5 Å². The Bertz CT molecular complexity index is 821. The fourth-order valence-electron chi connectivity index (χ4n) is 3.17. The van der Waals surface area contributed by atoms with Crippen molar-refractivity contribution in [3.05, 3.63) is 58.6 Å². The number of amides is 1. The summed E-state index contributed by atoms with van der Waals surface area (Å²) >= 11 is 5.97. The number of carbonyl (C=O) groups is 1. The van der Waals surface area contributed by atoms with Crippen LogP contribution in [0.5, 0.6) is 5.75 Å². The maximum absolute atomic E-state index is 13.1. The van der Waals surface area contributed by atoms with E-state index < -0.39 is 5.41 Å². The van der Waals surface area contributed by atoms with Gasteiger partial charge in [0.15, 0.2) is 0 Å². The number of rotatable bonds is 5. The maximum Gasteiger partial charge on any atom is 0.235 e. The number of ether oxygens (including phenoxy) is 1. The average Bonchev–Trinajstić information content (AvgIpc) is 2.57. The third-order valence-corrected chi connectivity index (χ3v) is 4.95. The predicted octanol–water partition coefficient (Wildman–Crippen LogP) is 4.67. The fourth-order valence-corrected chi connectivity index (χ4v) is 3.29. The van der Waals surface area contributed by atoms with Crippen molar-refractivity contribution in [1.29, 1.82) is 5.26 Å². The van der Waals surface area contributed by atoms with Gasteiger partial charge in [0.25, 0.3) is 0 Å². The molecule has 1 amide bonds. The van der Waals surface area contributed by atoms with E-state index in [1.165, 1.54) is 0 Å². The lowest BCUT2D eigenvalue weighted by molar-refractivity contribution is -0.124. The first-order chi connectivity index (χ1) is 12.1. The van der Waals surface area contributed by atoms with Crippen LogP contribution in [-0.2, 0) is 10.2 Å². The maximum atomic E-state index is 13.1. The molecule has 4 nitrogen and oxygen atoms in total. The molecule has 1 saturated carbocycles. The van der Waals surface area contributed by atoms with Gasteiger partial charge in [0.05, 0.1) is 29.3 Å². The number of carbonyl (C=O) groups excluding carboxylic acids is 1. The van der Waals surface area contributed by atoms with Crippen molar-refractivity contribution in [3.8, 4) is 11.8 Å². The van der Waals surface area contributed by atoms with Gasteiger partial charge < -0.3 is 10.1 Å². The summed E-state index contributed by atoms with van der Waals surface area (Å²) in [6, 6.07) is 14.6. The molecule has 0 radical (unpaired) electrons. The zero-order valence-corrected chi connectivity index (χ0v) is 14.8. The van der Waals surface area contributed by atoms with Crippen molar-refractivity contribution in [3.63, 3.8) is 0 Å². The van der Waals surface area contributed by atoms with Gasteiger partial charge in [-0.05, 0) is 55.7 Å². The highest BCUT2D eigenvalue weighted by atomic mass is 35.5. The van der Waals surface area contributed by atoms with E-state index in [9.17, 15) is 4.79 Å². The number of nitrogens with zero attached hydrogens (tertiary/aromatic N) is 1. The van der Waals surface area contributed by atoms with Gasteiger partial charge >= 0.3 is 0 Å². The summed E-state index contributed by atoms with van der Waals surface area (Å²) in [6.45, 7) is 2.36. The van der Waals surface area contributed by atoms with Crippen molar-refractivity contribution in [2.45, 2.75) is 31.6 Å². The van der Waals surface area contributed by atoms with Crippen molar-refractivity contribution >= 4 is 23.2 Å². The van der Waals surface area contributed by atoms with Crippen LogP contribution in [0, 0.1) is 11.3 Å². The van der Waals surface area contributed by atoms with Crippen LogP contribution < -0.4 is 10.1 Å². The minimum absolute atomic E-state index is 0.0721. The van der Waals surface area contributed by atoms with E-state index in [0.29, 0.717) is 28.6 Å². The van der Waals surface area contributed by atoms with Gasteiger partial charge in [0.2, 0.25) is 5.91 Å². The van der Waals surface area contributed by atoms with Crippen molar-refractivity contribution in [1.82, 2.24) is 0 Å². The molecule has 128 valence electrons. The molecule has 2 aromatic carbocycles. The molecule has 1 aliphatic carbocycles. The van der Waals surface area contributed by atoms with Crippen molar-refractivity contribution in [2.24, 2.45) is 0 Å². The minimum atomic E-state index is -0.545. The van der Waals surface area contributed by atoms with E-state index in [0.717, 1.165) is 24.8 Å². The molecule has 0 bridgehead atoms. The number of nitriles is 1. The van der Waals surface area contributed by atoms with E-state index in [4.69, 9.17) is 21.6 Å². The predicted molar refractivity (Wildman–Crippen MR) is 97.9 cm³/mol. The zero-order valence-electron chi connectivity index (χ0n) is 14.0. The molecule has 3 rings (SSSR count). The molecule has 0 saturated heterocycles. The van der Waals surface area contributed by atoms with Gasteiger partial charge in [-0.1, -0.05) is 30.2 Å². The molecule has 25 heavy (non-hydrogen) atoms. The van der Waals surface area contributed by atoms with Gasteiger partial charge in [0, 0.05) is 5.02 Å². The van der Waals surface area contributed by atoms with E-state index in [2.05, 4.69) is 11.4 Å². The smallest absolute Gasteiger partial charge is 0.235 e. The van der Waals surface area contributed by atoms with E-state index >= 15 is 0 Å². The van der Waals surface area contributed by atoms with Gasteiger partial charge in [-0.25, -0.2) is 0 Å². The molecule has 0 aliphatic heterocycles. The number of nitrogens with one attached hydrogen (secondary N) is 1. The first kappa shape index (κ1) is 17.3. The molecule has 1 N–H and O–H groups in total. The van der Waals surface area contributed by atoms with Crippen LogP contribution in [0.4, 0.5) is 5.69 Å². The van der Waals surface area contributed by atoms with Gasteiger partial charge in [-0.3, -0.25) is 4.79 Å². The molecule has 1 aliphatic rings. The molecule has 2 aromatic rings. The Balaban J connectivity index is 1.90. The summed E-state index contributed by atoms with van der Waals surface area (Å²) in [5.74, 6) is 0.498. The fraction of sp³-hybridized carbons (Fsp3) is 0.300. The Morgan fingerprint density at radius 3 is 2.56 bits per heavy atom. The van der Waals surface area contributed by atoms with Crippen LogP contribution in [0.25, 0.3) is 0 Å². The first-order valence-electron chi connectivity index (χ1n) is 8.33. The Kier molecular flexibility index (Phi) is 4.96. The summed E-state index contributed by atoms with van der Waals surface area (Å²) < 4.78 is 5.58. The second-order valence-corrected chi connectivity index (χ2v) is 6.59. The normalized spacial score (nSPS) is 14.9. The monoisotopic (exact) mass is 354 g/mol. The summed E-state index contributed by atoms with van der Waals surface area (Å²) in [5.41, 5.74) is 1.44. The lowest BCUT2D eigenvalue weighted by Crippen LogP contribution is -2.46.